The van der Waals surface area contributed by atoms with Crippen LogP contribution >= 0.6 is 30.0 Å². The predicted octanol–water partition coefficient (Wildman–Crippen LogP) is 16.3. The highest BCUT2D eigenvalue weighted by Gasteiger charge is 2.45. The van der Waals surface area contributed by atoms with E-state index in [0.717, 1.165) is 45.7 Å². The first-order valence-corrected chi connectivity index (χ1v) is 45.2. The molecule has 0 aromatic carbocycles. The molecule has 0 radical (unpaired) electrons. The van der Waals surface area contributed by atoms with Gasteiger partial charge in [0.1, 0.15) is 5.84 Å². The average Bonchev–Trinajstić information content (AvgIpc) is 1.72. The SMILES string of the molecule is C1=CN=C2CCCCCN2C1.C1CN=C2CCCN2C1.CC(C)(C)N=P(N1CCCC1)(N1CCCC1)N1CCCC1.CCN(CC)P1(=NC(C)(C)C)N(C)CCCN1C.CN(C)C(=N)N(C)C.CN(C)P(=NC(C)(C)C)(N(C)C)N(C)C.CN(C)P(=NC(C)(C)CC(C)(C)C)(N(C)C)N(C)C. The van der Waals surface area contributed by atoms with Crippen LogP contribution in [0, 0.1) is 10.8 Å². The van der Waals surface area contributed by atoms with E-state index < -0.39 is 30.0 Å². The van der Waals surface area contributed by atoms with Crippen LogP contribution in [-0.2, 0) is 0 Å². The molecule has 0 aromatic rings. The largest absolute Gasteiger partial charge is 0.360 e. The molecular weight excluding hydrogens is 1330 g/mol. The van der Waals surface area contributed by atoms with Gasteiger partial charge in [0, 0.05) is 145 Å². The molecule has 0 aliphatic carbocycles. The van der Waals surface area contributed by atoms with Crippen molar-refractivity contribution in [3.8, 4) is 0 Å². The van der Waals surface area contributed by atoms with E-state index in [1.807, 2.05) is 34.4 Å². The molecule has 8 aliphatic rings. The molecule has 0 saturated carbocycles. The Balaban J connectivity index is 0.000000409. The van der Waals surface area contributed by atoms with Gasteiger partial charge in [0.15, 0.2) is 36.0 Å². The topological polar surface area (TPSA) is 150 Å². The second-order valence-electron chi connectivity index (χ2n) is 35.0. The molecule has 0 aromatic heterocycles. The number of amidine groups is 2. The molecule has 0 amide bonds. The number of nitrogens with zero attached hydrogens (tertiary/aromatic N) is 22. The normalized spacial score (nSPS) is 20.0. The lowest BCUT2D eigenvalue weighted by Gasteiger charge is -2.50. The number of rotatable bonds is 14. The van der Waals surface area contributed by atoms with Crippen molar-refractivity contribution in [3.05, 3.63) is 12.3 Å². The van der Waals surface area contributed by atoms with Crippen LogP contribution in [0.15, 0.2) is 41.2 Å². The van der Waals surface area contributed by atoms with Crippen LogP contribution in [0.5, 0.6) is 0 Å². The summed E-state index contributed by atoms with van der Waals surface area (Å²) >= 11 is 0. The Bertz CT molecular complexity index is 2590. The fourth-order valence-electron chi connectivity index (χ4n) is 15.2. The molecule has 8 heterocycles. The number of hydrogen-bond donors (Lipinski definition) is 1. The fourth-order valence-corrected chi connectivity index (χ4v) is 31.1. The molecule has 23 nitrogen and oxygen atoms in total. The molecule has 8 aliphatic heterocycles. The van der Waals surface area contributed by atoms with Gasteiger partial charge in [-0.1, -0.05) is 41.0 Å². The van der Waals surface area contributed by atoms with Crippen molar-refractivity contribution in [2.75, 3.05) is 225 Å². The van der Waals surface area contributed by atoms with Gasteiger partial charge in [0.25, 0.3) is 0 Å². The summed E-state index contributed by atoms with van der Waals surface area (Å²) in [5.41, 5.74) is 0.294. The highest BCUT2D eigenvalue weighted by atomic mass is 31.2. The first kappa shape index (κ1) is 95.5. The van der Waals surface area contributed by atoms with E-state index in [-0.39, 0.29) is 27.6 Å². The van der Waals surface area contributed by atoms with Crippen molar-refractivity contribution < 1.29 is 0 Å². The van der Waals surface area contributed by atoms with E-state index in [4.69, 9.17) is 24.4 Å². The molecular formula is C74H165N23P4. The van der Waals surface area contributed by atoms with Crippen molar-refractivity contribution >= 4 is 47.7 Å². The molecule has 101 heavy (non-hydrogen) atoms. The van der Waals surface area contributed by atoms with Crippen LogP contribution in [0.3, 0.4) is 0 Å². The van der Waals surface area contributed by atoms with Crippen molar-refractivity contribution in [2.45, 2.75) is 229 Å². The van der Waals surface area contributed by atoms with Gasteiger partial charge < -0.3 is 19.6 Å². The van der Waals surface area contributed by atoms with Crippen molar-refractivity contribution in [3.63, 3.8) is 0 Å². The molecule has 6 fully saturated rings. The summed E-state index contributed by atoms with van der Waals surface area (Å²) in [4.78, 5) is 17.1. The maximum Gasteiger partial charge on any atom is 0.192 e. The van der Waals surface area contributed by atoms with Crippen LogP contribution < -0.4 is 0 Å². The Labute approximate surface area is 626 Å². The van der Waals surface area contributed by atoms with E-state index in [0.29, 0.717) is 5.96 Å². The fraction of sp³-hybridized carbons (Fsp3) is 0.932. The second-order valence-corrected chi connectivity index (χ2v) is 48.5. The number of fused-ring (bicyclic) bond motifs is 2. The van der Waals surface area contributed by atoms with Crippen LogP contribution in [0.2, 0.25) is 0 Å². The Hall–Kier alpha value is -1.61. The van der Waals surface area contributed by atoms with Crippen LogP contribution in [0.1, 0.15) is 207 Å². The summed E-state index contributed by atoms with van der Waals surface area (Å²) in [6, 6.07) is 0. The summed E-state index contributed by atoms with van der Waals surface area (Å²) < 4.78 is 50.7. The smallest absolute Gasteiger partial charge is 0.192 e. The third-order valence-corrected chi connectivity index (χ3v) is 35.4. The molecule has 0 unspecified atom stereocenters. The number of nitrogens with one attached hydrogen (secondary N) is 1. The van der Waals surface area contributed by atoms with Crippen LogP contribution in [0.4, 0.5) is 0 Å². The summed E-state index contributed by atoms with van der Waals surface area (Å²) in [7, 11) is 30.5. The average molecular weight is 1500 g/mol. The lowest BCUT2D eigenvalue weighted by atomic mass is 9.82. The Morgan fingerprint density at radius 2 is 0.842 bits per heavy atom. The highest BCUT2D eigenvalue weighted by molar-refractivity contribution is 7.60. The molecule has 0 atom stereocenters. The summed E-state index contributed by atoms with van der Waals surface area (Å²) in [5, 5.41) is 7.25. The molecule has 8 rings (SSSR count). The number of hydrogen-bond acceptors (Lipinski definition) is 9. The van der Waals surface area contributed by atoms with E-state index >= 15 is 0 Å². The lowest BCUT2D eigenvalue weighted by Crippen LogP contribution is -2.43. The number of aliphatic imine (C=N–C) groups is 2. The Morgan fingerprint density at radius 3 is 1.19 bits per heavy atom. The zero-order chi connectivity index (χ0) is 77.3. The minimum absolute atomic E-state index is 0.0101. The third kappa shape index (κ3) is 29.7. The molecule has 6 saturated heterocycles. The monoisotopic (exact) mass is 1500 g/mol. The van der Waals surface area contributed by atoms with Gasteiger partial charge in [-0.2, -0.15) is 0 Å². The first-order valence-electron chi connectivity index (χ1n) is 38.8. The molecule has 596 valence electrons. The third-order valence-electron chi connectivity index (χ3n) is 18.5. The maximum absolute atomic E-state index is 7.25. The van der Waals surface area contributed by atoms with Gasteiger partial charge in [-0.05, 0) is 263 Å². The van der Waals surface area contributed by atoms with Crippen molar-refractivity contribution in [2.24, 2.45) is 34.4 Å². The molecule has 27 heteroatoms. The van der Waals surface area contributed by atoms with Gasteiger partial charge in [-0.25, -0.2) is 33.0 Å². The second kappa shape index (κ2) is 43.0. The minimum atomic E-state index is -1.79. The van der Waals surface area contributed by atoms with Gasteiger partial charge in [-0.15, -0.1) is 0 Å². The van der Waals surface area contributed by atoms with Crippen molar-refractivity contribution in [1.82, 2.24) is 75.6 Å². The zero-order valence-corrected chi connectivity index (χ0v) is 76.1. The molecule has 0 bridgehead atoms. The first-order chi connectivity index (χ1) is 46.6. The lowest BCUT2D eigenvalue weighted by molar-refractivity contribution is 0.285. The predicted molar refractivity (Wildman–Crippen MR) is 452 cm³/mol. The van der Waals surface area contributed by atoms with E-state index in [1.165, 1.54) is 160 Å². The maximum atomic E-state index is 7.25. The van der Waals surface area contributed by atoms with Gasteiger partial charge in [0.2, 0.25) is 0 Å². The van der Waals surface area contributed by atoms with Crippen molar-refractivity contribution in [1.29, 1.82) is 5.41 Å². The minimum Gasteiger partial charge on any atom is -0.360 e. The van der Waals surface area contributed by atoms with Gasteiger partial charge in [-0.3, -0.25) is 57.4 Å². The summed E-state index contributed by atoms with van der Waals surface area (Å²) in [6.07, 6.45) is 23.6. The Kier molecular flexibility index (Phi) is 40.6. The molecule has 1 N–H and O–H groups in total. The van der Waals surface area contributed by atoms with E-state index in [2.05, 4.69) is 291 Å². The summed E-state index contributed by atoms with van der Waals surface area (Å²) in [5.74, 6) is 3.20. The number of guanidine groups is 1. The van der Waals surface area contributed by atoms with Gasteiger partial charge in [0.05, 0.1) is 28.0 Å². The standard InChI is InChI=1S/C16H33N4P.C14H35N4P.C13H31N4P.C10H27N4P.C9H14N2.C7H12N2.C5H13N3/c1-16(2,3)17-21(18-10-4-5-11-18,19-12-6-7-13-19)20-14-8-9-15-20;1-13(2,3)12-14(4,5)15-19(16(6)7,17(8)9)18(10)11;1-8-17(9-2)18(14-13(3,4)5)15(6)11-10-12-16(18)7;1-10(2,3)11-15(12(4)5,13(6)7)14(8)9;1-2-5-9-10-6-4-8-11(9)7-3-1;1-3-7-8-4-2-6-9(7)5-1;1-7(2)5(6)8(3)4/h4-15H2,1-3H3;12H2,1-11H3;8-12H2,1-7H3;1-9H3;4,6H,1-3,5,7-8H2;1-6H2;6H,1-4H3. The van der Waals surface area contributed by atoms with Crippen LogP contribution in [-0.4, -0.2) is 340 Å². The van der Waals surface area contributed by atoms with E-state index in [9.17, 15) is 0 Å². The van der Waals surface area contributed by atoms with E-state index in [1.54, 1.807) is 9.80 Å². The van der Waals surface area contributed by atoms with Crippen LogP contribution in [0.25, 0.3) is 0 Å². The molecule has 0 spiro atoms. The zero-order valence-electron chi connectivity index (χ0n) is 72.5. The Morgan fingerprint density at radius 1 is 0.455 bits per heavy atom. The van der Waals surface area contributed by atoms with Gasteiger partial charge >= 0.3 is 0 Å². The quantitative estimate of drug-likeness (QED) is 0.0997. The highest BCUT2D eigenvalue weighted by Crippen LogP contribution is 2.65. The summed E-state index contributed by atoms with van der Waals surface area (Å²) in [6.45, 7) is 53.8.